The molecule has 0 bridgehead atoms. The van der Waals surface area contributed by atoms with E-state index in [4.69, 9.17) is 11.6 Å². The van der Waals surface area contributed by atoms with Crippen LogP contribution in [-0.4, -0.2) is 21.0 Å². The quantitative estimate of drug-likeness (QED) is 0.421. The summed E-state index contributed by atoms with van der Waals surface area (Å²) in [5.74, 6) is -1.06. The maximum absolute atomic E-state index is 14.5. The van der Waals surface area contributed by atoms with Gasteiger partial charge in [0.2, 0.25) is 5.95 Å². The summed E-state index contributed by atoms with van der Waals surface area (Å²) in [6, 6.07) is 16.4. The molecule has 6 nitrogen and oxygen atoms in total. The first-order chi connectivity index (χ1) is 16.0. The molecule has 1 aliphatic heterocycles. The van der Waals surface area contributed by atoms with Gasteiger partial charge in [-0.2, -0.15) is 0 Å². The van der Waals surface area contributed by atoms with Gasteiger partial charge in [-0.1, -0.05) is 35.9 Å². The number of rotatable bonds is 4. The summed E-state index contributed by atoms with van der Waals surface area (Å²) in [6.07, 6.45) is 5.25. The highest BCUT2D eigenvalue weighted by Gasteiger charge is 2.13. The van der Waals surface area contributed by atoms with Crippen LogP contribution in [0.2, 0.25) is 5.02 Å². The van der Waals surface area contributed by atoms with Crippen molar-refractivity contribution < 1.29 is 14.3 Å². The Morgan fingerprint density at radius 2 is 1.91 bits per heavy atom. The third kappa shape index (κ3) is 4.14. The Kier molecular flexibility index (Phi) is 5.24. The van der Waals surface area contributed by atoms with Crippen LogP contribution in [0.15, 0.2) is 66.9 Å². The molecule has 3 N–H and O–H groups in total. The topological polar surface area (TPSA) is 87.1 Å². The van der Waals surface area contributed by atoms with E-state index < -0.39 is 5.97 Å². The summed E-state index contributed by atoms with van der Waals surface area (Å²) >= 11 is 6.37. The Bertz CT molecular complexity index is 1540. The Balaban J connectivity index is 1.59. The lowest BCUT2D eigenvalue weighted by Crippen LogP contribution is -2.27. The van der Waals surface area contributed by atoms with Crippen molar-refractivity contribution in [2.45, 2.75) is 0 Å². The van der Waals surface area contributed by atoms with Gasteiger partial charge < -0.3 is 15.7 Å². The lowest BCUT2D eigenvalue weighted by molar-refractivity contribution is 0.0697. The molecule has 162 valence electrons. The molecule has 0 spiro atoms. The van der Waals surface area contributed by atoms with Gasteiger partial charge in [-0.3, -0.25) is 0 Å². The Labute approximate surface area is 192 Å². The summed E-state index contributed by atoms with van der Waals surface area (Å²) in [5.41, 5.74) is 3.06. The number of fused-ring (bicyclic) bond motifs is 2. The highest BCUT2D eigenvalue weighted by molar-refractivity contribution is 6.30. The lowest BCUT2D eigenvalue weighted by Gasteiger charge is -2.08. The van der Waals surface area contributed by atoms with Gasteiger partial charge in [-0.25, -0.2) is 19.2 Å². The summed E-state index contributed by atoms with van der Waals surface area (Å²) < 4.78 is 14.5. The minimum absolute atomic E-state index is 0.154. The van der Waals surface area contributed by atoms with Crippen molar-refractivity contribution in [1.82, 2.24) is 9.97 Å². The normalized spacial score (nSPS) is 11.7. The van der Waals surface area contributed by atoms with Gasteiger partial charge in [0, 0.05) is 27.7 Å². The third-order valence-electron chi connectivity index (χ3n) is 5.19. The molecule has 33 heavy (non-hydrogen) atoms. The minimum Gasteiger partial charge on any atom is -0.478 e. The number of nitrogens with zero attached hydrogens (tertiary/aromatic N) is 2. The van der Waals surface area contributed by atoms with Crippen molar-refractivity contribution in [2.24, 2.45) is 0 Å². The molecule has 4 aromatic rings. The van der Waals surface area contributed by atoms with Gasteiger partial charge in [-0.05, 0) is 53.3 Å². The Morgan fingerprint density at radius 1 is 1.06 bits per heavy atom. The SMILES string of the molecule is O=C(O)c1cccc(Nc2ncc3c(n2)C=c2cc(Cl)cc(-c4ccccc4F)c2=CN3)c1. The molecule has 0 fully saturated rings. The maximum atomic E-state index is 14.5. The van der Waals surface area contributed by atoms with Gasteiger partial charge in [0.25, 0.3) is 0 Å². The van der Waals surface area contributed by atoms with E-state index in [1.165, 1.54) is 18.2 Å². The van der Waals surface area contributed by atoms with Crippen molar-refractivity contribution in [1.29, 1.82) is 0 Å². The van der Waals surface area contributed by atoms with Crippen LogP contribution in [0.4, 0.5) is 21.7 Å². The van der Waals surface area contributed by atoms with Crippen LogP contribution in [0.25, 0.3) is 23.4 Å². The van der Waals surface area contributed by atoms with Gasteiger partial charge in [0.1, 0.15) is 5.82 Å². The number of halogens is 2. The van der Waals surface area contributed by atoms with Crippen LogP contribution in [-0.2, 0) is 0 Å². The number of anilines is 3. The smallest absolute Gasteiger partial charge is 0.335 e. The molecular weight excluding hydrogens is 443 g/mol. The lowest BCUT2D eigenvalue weighted by atomic mass is 10.0. The molecule has 3 aromatic carbocycles. The zero-order chi connectivity index (χ0) is 22.9. The highest BCUT2D eigenvalue weighted by Crippen LogP contribution is 2.23. The predicted molar refractivity (Wildman–Crippen MR) is 126 cm³/mol. The number of hydrogen-bond donors (Lipinski definition) is 3. The molecule has 0 amide bonds. The number of benzene rings is 3. The van der Waals surface area contributed by atoms with Crippen molar-refractivity contribution in [3.8, 4) is 11.1 Å². The summed E-state index contributed by atoms with van der Waals surface area (Å²) in [4.78, 5) is 20.1. The molecule has 5 rings (SSSR count). The maximum Gasteiger partial charge on any atom is 0.335 e. The van der Waals surface area contributed by atoms with Crippen LogP contribution in [0, 0.1) is 5.82 Å². The molecule has 0 aliphatic carbocycles. The molecule has 0 saturated heterocycles. The van der Waals surface area contributed by atoms with Crippen LogP contribution >= 0.6 is 11.6 Å². The molecule has 0 radical (unpaired) electrons. The fourth-order valence-corrected chi connectivity index (χ4v) is 3.88. The molecule has 8 heteroatoms. The summed E-state index contributed by atoms with van der Waals surface area (Å²) in [7, 11) is 0. The Hall–Kier alpha value is -4.23. The van der Waals surface area contributed by atoms with Crippen molar-refractivity contribution in [3.05, 3.63) is 99.4 Å². The van der Waals surface area contributed by atoms with Gasteiger partial charge in [-0.15, -0.1) is 0 Å². The Morgan fingerprint density at radius 3 is 2.73 bits per heavy atom. The van der Waals surface area contributed by atoms with E-state index in [0.29, 0.717) is 39.2 Å². The fourth-order valence-electron chi connectivity index (χ4n) is 3.65. The van der Waals surface area contributed by atoms with E-state index >= 15 is 0 Å². The fraction of sp³-hybridized carbons (Fsp3) is 0. The first-order valence-corrected chi connectivity index (χ1v) is 10.4. The monoisotopic (exact) mass is 458 g/mol. The molecule has 1 aromatic heterocycles. The zero-order valence-corrected chi connectivity index (χ0v) is 17.8. The summed E-state index contributed by atoms with van der Waals surface area (Å²) in [6.45, 7) is 0. The van der Waals surface area contributed by atoms with E-state index in [0.717, 1.165) is 10.4 Å². The predicted octanol–water partition coefficient (Wildman–Crippen LogP) is 4.37. The molecule has 0 atom stereocenters. The molecule has 2 heterocycles. The van der Waals surface area contributed by atoms with E-state index in [2.05, 4.69) is 20.6 Å². The zero-order valence-electron chi connectivity index (χ0n) is 17.0. The van der Waals surface area contributed by atoms with Gasteiger partial charge >= 0.3 is 5.97 Å². The number of aromatic carboxylic acids is 1. The second-order valence-corrected chi connectivity index (χ2v) is 7.81. The van der Waals surface area contributed by atoms with Gasteiger partial charge in [0.05, 0.1) is 23.1 Å². The largest absolute Gasteiger partial charge is 0.478 e. The van der Waals surface area contributed by atoms with Crippen molar-refractivity contribution in [3.63, 3.8) is 0 Å². The van der Waals surface area contributed by atoms with E-state index in [1.807, 2.05) is 6.08 Å². The number of nitrogens with one attached hydrogen (secondary N) is 2. The standard InChI is InChI=1S/C25H16ClFN4O2/c26-16-8-15-10-22-23(28-12-20(15)19(11-16)18-6-1-2-7-21(18)27)13-29-25(31-22)30-17-5-3-4-14(9-17)24(32)33/h1-13,28H,(H,32,33)(H,29,30,31). The van der Waals surface area contributed by atoms with Crippen LogP contribution < -0.4 is 21.1 Å². The van der Waals surface area contributed by atoms with E-state index in [-0.39, 0.29) is 11.4 Å². The molecule has 1 aliphatic rings. The van der Waals surface area contributed by atoms with Crippen molar-refractivity contribution in [2.75, 3.05) is 10.6 Å². The van der Waals surface area contributed by atoms with Crippen LogP contribution in [0.5, 0.6) is 0 Å². The van der Waals surface area contributed by atoms with Gasteiger partial charge in [0.15, 0.2) is 0 Å². The number of carboxylic acids is 1. The summed E-state index contributed by atoms with van der Waals surface area (Å²) in [5, 5.41) is 17.4. The number of aromatic nitrogens is 2. The second-order valence-electron chi connectivity index (χ2n) is 7.37. The molecule has 0 saturated carbocycles. The average Bonchev–Trinajstić information content (AvgIpc) is 2.98. The molecular formula is C25H16ClFN4O2. The van der Waals surface area contributed by atoms with Crippen LogP contribution in [0.3, 0.4) is 0 Å². The number of carbonyl (C=O) groups is 1. The van der Waals surface area contributed by atoms with Crippen molar-refractivity contribution >= 4 is 47.2 Å². The highest BCUT2D eigenvalue weighted by atomic mass is 35.5. The average molecular weight is 459 g/mol. The van der Waals surface area contributed by atoms with E-state index in [1.54, 1.807) is 54.9 Å². The minimum atomic E-state index is -1.02. The molecule has 0 unspecified atom stereocenters. The third-order valence-corrected chi connectivity index (χ3v) is 5.41. The second kappa shape index (κ2) is 8.37. The number of hydrogen-bond acceptors (Lipinski definition) is 5. The first kappa shape index (κ1) is 20.7. The number of carboxylic acid groups (broad SMARTS) is 1. The first-order valence-electron chi connectivity index (χ1n) is 9.98. The van der Waals surface area contributed by atoms with E-state index in [9.17, 15) is 14.3 Å². The van der Waals surface area contributed by atoms with Crippen LogP contribution in [0.1, 0.15) is 16.1 Å².